The molecule has 1 N–H and O–H groups in total. The van der Waals surface area contributed by atoms with E-state index < -0.39 is 17.4 Å². The Bertz CT molecular complexity index is 684. The van der Waals surface area contributed by atoms with E-state index >= 15 is 0 Å². The first-order valence-electron chi connectivity index (χ1n) is 6.69. The average molecular weight is 305 g/mol. The number of pyridine rings is 1. The molecule has 1 unspecified atom stereocenters. The second-order valence-corrected chi connectivity index (χ2v) is 5.03. The number of halogens is 2. The van der Waals surface area contributed by atoms with Gasteiger partial charge >= 0.3 is 0 Å². The van der Waals surface area contributed by atoms with Gasteiger partial charge in [0, 0.05) is 19.2 Å². The van der Waals surface area contributed by atoms with Gasteiger partial charge < -0.3 is 10.2 Å². The van der Waals surface area contributed by atoms with E-state index in [0.717, 1.165) is 6.20 Å². The average Bonchev–Trinajstić information content (AvgIpc) is 2.92. The van der Waals surface area contributed by atoms with E-state index in [1.165, 1.54) is 17.4 Å². The predicted octanol–water partition coefficient (Wildman–Crippen LogP) is 1.57. The van der Waals surface area contributed by atoms with Crippen LogP contribution in [-0.4, -0.2) is 39.6 Å². The molecule has 6 nitrogen and oxygen atoms in total. The van der Waals surface area contributed by atoms with Crippen LogP contribution >= 0.6 is 0 Å². The van der Waals surface area contributed by atoms with Crippen molar-refractivity contribution in [2.24, 2.45) is 0 Å². The van der Waals surface area contributed by atoms with Gasteiger partial charge in [-0.2, -0.15) is 0 Å². The fourth-order valence-electron chi connectivity index (χ4n) is 2.36. The number of carbonyl (C=O) groups is 1. The molecule has 3 rings (SSSR count). The van der Waals surface area contributed by atoms with Crippen LogP contribution in [-0.2, 0) is 4.79 Å². The molecular formula is C14H13F2N5O. The Hall–Kier alpha value is -2.64. The molecule has 1 aliphatic heterocycles. The van der Waals surface area contributed by atoms with Gasteiger partial charge in [0.05, 0.1) is 24.6 Å². The third kappa shape index (κ3) is 2.72. The minimum atomic E-state index is -2.10. The van der Waals surface area contributed by atoms with Crippen molar-refractivity contribution in [1.29, 1.82) is 0 Å². The molecule has 0 saturated carbocycles. The van der Waals surface area contributed by atoms with Gasteiger partial charge in [-0.15, -0.1) is 0 Å². The number of hydrogen-bond donors (Lipinski definition) is 1. The van der Waals surface area contributed by atoms with Gasteiger partial charge in [-0.25, -0.2) is 18.7 Å². The van der Waals surface area contributed by atoms with E-state index in [1.54, 1.807) is 18.3 Å². The molecule has 1 fully saturated rings. The molecule has 0 radical (unpaired) electrons. The Morgan fingerprint density at radius 1 is 1.36 bits per heavy atom. The largest absolute Gasteiger partial charge is 0.350 e. The zero-order valence-corrected chi connectivity index (χ0v) is 11.5. The molecule has 2 aromatic rings. The molecule has 2 aromatic heterocycles. The summed E-state index contributed by atoms with van der Waals surface area (Å²) in [4.78, 5) is 24.7. The maximum absolute atomic E-state index is 14.8. The van der Waals surface area contributed by atoms with Crippen LogP contribution in [0.5, 0.6) is 0 Å². The standard InChI is InChI=1S/C14H13F2N5O/c15-11-7-18-9-19-12(11)21-5-3-14(16,8-21)13(22)20-10-2-1-4-17-6-10/h1-2,4,6-7,9H,3,5,8H2,(H,20,22). The number of amides is 1. The maximum atomic E-state index is 14.8. The van der Waals surface area contributed by atoms with Gasteiger partial charge in [-0.05, 0) is 12.1 Å². The molecule has 1 atom stereocenters. The van der Waals surface area contributed by atoms with E-state index in [9.17, 15) is 13.6 Å². The zero-order valence-electron chi connectivity index (χ0n) is 11.5. The number of aromatic nitrogens is 3. The van der Waals surface area contributed by atoms with Crippen LogP contribution in [0.4, 0.5) is 20.3 Å². The highest BCUT2D eigenvalue weighted by Crippen LogP contribution is 2.30. The van der Waals surface area contributed by atoms with Crippen molar-refractivity contribution >= 4 is 17.4 Å². The van der Waals surface area contributed by atoms with Crippen molar-refractivity contribution in [1.82, 2.24) is 15.0 Å². The molecule has 114 valence electrons. The quantitative estimate of drug-likeness (QED) is 0.932. The first-order valence-corrected chi connectivity index (χ1v) is 6.69. The van der Waals surface area contributed by atoms with Crippen LogP contribution in [0, 0.1) is 5.82 Å². The number of rotatable bonds is 3. The number of hydrogen-bond acceptors (Lipinski definition) is 5. The lowest BCUT2D eigenvalue weighted by atomic mass is 10.0. The maximum Gasteiger partial charge on any atom is 0.264 e. The van der Waals surface area contributed by atoms with Crippen molar-refractivity contribution in [3.8, 4) is 0 Å². The summed E-state index contributed by atoms with van der Waals surface area (Å²) in [6.07, 6.45) is 5.14. The summed E-state index contributed by atoms with van der Waals surface area (Å²) in [6, 6.07) is 3.25. The molecule has 1 aliphatic rings. The summed E-state index contributed by atoms with van der Waals surface area (Å²) in [7, 11) is 0. The predicted molar refractivity (Wildman–Crippen MR) is 75.5 cm³/mol. The molecule has 3 heterocycles. The highest BCUT2D eigenvalue weighted by molar-refractivity contribution is 5.98. The van der Waals surface area contributed by atoms with Gasteiger partial charge in [-0.1, -0.05) is 0 Å². The summed E-state index contributed by atoms with van der Waals surface area (Å²) >= 11 is 0. The van der Waals surface area contributed by atoms with Crippen molar-refractivity contribution in [2.75, 3.05) is 23.3 Å². The van der Waals surface area contributed by atoms with Crippen LogP contribution < -0.4 is 10.2 Å². The van der Waals surface area contributed by atoms with Crippen molar-refractivity contribution in [3.63, 3.8) is 0 Å². The molecule has 22 heavy (non-hydrogen) atoms. The third-order valence-corrected chi connectivity index (χ3v) is 3.49. The van der Waals surface area contributed by atoms with E-state index in [2.05, 4.69) is 20.3 Å². The highest BCUT2D eigenvalue weighted by Gasteiger charge is 2.46. The van der Waals surface area contributed by atoms with E-state index in [1.807, 2.05) is 0 Å². The van der Waals surface area contributed by atoms with Crippen LogP contribution in [0.1, 0.15) is 6.42 Å². The topological polar surface area (TPSA) is 71.0 Å². The molecule has 8 heteroatoms. The second-order valence-electron chi connectivity index (χ2n) is 5.03. The number of nitrogens with one attached hydrogen (secondary N) is 1. The zero-order chi connectivity index (χ0) is 15.6. The van der Waals surface area contributed by atoms with Gasteiger partial charge in [0.15, 0.2) is 11.6 Å². The Morgan fingerprint density at radius 2 is 2.23 bits per heavy atom. The molecule has 0 bridgehead atoms. The SMILES string of the molecule is O=C(Nc1cccnc1)C1(F)CCN(c2ncncc2F)C1. The lowest BCUT2D eigenvalue weighted by molar-refractivity contribution is -0.126. The Balaban J connectivity index is 1.73. The van der Waals surface area contributed by atoms with Crippen LogP contribution in [0.15, 0.2) is 37.1 Å². The van der Waals surface area contributed by atoms with Crippen LogP contribution in [0.25, 0.3) is 0 Å². The highest BCUT2D eigenvalue weighted by atomic mass is 19.1. The smallest absolute Gasteiger partial charge is 0.264 e. The normalized spacial score (nSPS) is 20.9. The second kappa shape index (κ2) is 5.63. The van der Waals surface area contributed by atoms with E-state index in [0.29, 0.717) is 5.69 Å². The lowest BCUT2D eigenvalue weighted by Gasteiger charge is -2.21. The van der Waals surface area contributed by atoms with E-state index in [-0.39, 0.29) is 25.3 Å². The van der Waals surface area contributed by atoms with Crippen molar-refractivity contribution in [3.05, 3.63) is 42.9 Å². The first kappa shape index (κ1) is 14.3. The molecular weight excluding hydrogens is 292 g/mol. The van der Waals surface area contributed by atoms with Gasteiger partial charge in [0.1, 0.15) is 6.33 Å². The van der Waals surface area contributed by atoms with Crippen molar-refractivity contribution < 1.29 is 13.6 Å². The van der Waals surface area contributed by atoms with Crippen molar-refractivity contribution in [2.45, 2.75) is 12.1 Å². The fraction of sp³-hybridized carbons (Fsp3) is 0.286. The Labute approximate surface area is 125 Å². The monoisotopic (exact) mass is 305 g/mol. The number of nitrogens with zero attached hydrogens (tertiary/aromatic N) is 4. The summed E-state index contributed by atoms with van der Waals surface area (Å²) in [5, 5.41) is 2.48. The Morgan fingerprint density at radius 3 is 2.95 bits per heavy atom. The summed E-state index contributed by atoms with van der Waals surface area (Å²) < 4.78 is 28.5. The number of anilines is 2. The van der Waals surface area contributed by atoms with Crippen LogP contribution in [0.2, 0.25) is 0 Å². The summed E-state index contributed by atoms with van der Waals surface area (Å²) in [5.74, 6) is -1.40. The minimum Gasteiger partial charge on any atom is -0.350 e. The number of alkyl halides is 1. The summed E-state index contributed by atoms with van der Waals surface area (Å²) in [5.41, 5.74) is -1.69. The number of carbonyl (C=O) groups excluding carboxylic acids is 1. The van der Waals surface area contributed by atoms with Gasteiger partial charge in [0.2, 0.25) is 5.67 Å². The van der Waals surface area contributed by atoms with Gasteiger partial charge in [-0.3, -0.25) is 9.78 Å². The summed E-state index contributed by atoms with van der Waals surface area (Å²) in [6.45, 7) is -0.0576. The molecule has 1 amide bonds. The molecule has 0 spiro atoms. The first-order chi connectivity index (χ1) is 10.6. The van der Waals surface area contributed by atoms with Crippen LogP contribution in [0.3, 0.4) is 0 Å². The van der Waals surface area contributed by atoms with E-state index in [4.69, 9.17) is 0 Å². The lowest BCUT2D eigenvalue weighted by Crippen LogP contribution is -2.41. The Kier molecular flexibility index (Phi) is 3.66. The van der Waals surface area contributed by atoms with Gasteiger partial charge in [0.25, 0.3) is 5.91 Å². The molecule has 0 aliphatic carbocycles. The minimum absolute atomic E-state index is 0.00343. The third-order valence-electron chi connectivity index (χ3n) is 3.49. The molecule has 1 saturated heterocycles. The molecule has 0 aromatic carbocycles. The fourth-order valence-corrected chi connectivity index (χ4v) is 2.36.